The van der Waals surface area contributed by atoms with Crippen LogP contribution in [0.5, 0.6) is 0 Å². The van der Waals surface area contributed by atoms with Gasteiger partial charge < -0.3 is 11.1 Å². The highest BCUT2D eigenvalue weighted by Gasteiger charge is 2.56. The Kier molecular flexibility index (Phi) is 1.15. The Morgan fingerprint density at radius 1 is 1.54 bits per heavy atom. The number of fused-ring (bicyclic) bond motifs is 2. The summed E-state index contributed by atoms with van der Waals surface area (Å²) in [4.78, 5) is 0. The number of nitrogens with one attached hydrogen (secondary N) is 1. The van der Waals surface area contributed by atoms with Crippen LogP contribution >= 0.6 is 0 Å². The van der Waals surface area contributed by atoms with Gasteiger partial charge in [0.1, 0.15) is 5.82 Å². The van der Waals surface area contributed by atoms with E-state index in [-0.39, 0.29) is 17.3 Å². The van der Waals surface area contributed by atoms with E-state index in [1.54, 1.807) is 6.07 Å². The summed E-state index contributed by atoms with van der Waals surface area (Å²) >= 11 is 0. The lowest BCUT2D eigenvalue weighted by Gasteiger charge is -2.06. The molecule has 13 heavy (non-hydrogen) atoms. The quantitative estimate of drug-likeness (QED) is 0.627. The van der Waals surface area contributed by atoms with Gasteiger partial charge in [-0.3, -0.25) is 0 Å². The molecular weight excluding hydrogens is 167 g/mol. The van der Waals surface area contributed by atoms with Gasteiger partial charge in [-0.05, 0) is 24.1 Å². The van der Waals surface area contributed by atoms with Gasteiger partial charge in [0.15, 0.2) is 0 Å². The second-order valence-corrected chi connectivity index (χ2v) is 4.01. The molecule has 1 aliphatic heterocycles. The van der Waals surface area contributed by atoms with Gasteiger partial charge in [-0.15, -0.1) is 0 Å². The van der Waals surface area contributed by atoms with Crippen molar-refractivity contribution in [2.75, 3.05) is 11.9 Å². The largest absolute Gasteiger partial charge is 0.384 e. The maximum atomic E-state index is 12.9. The normalized spacial score (nSPS) is 34.5. The third-order valence-electron chi connectivity index (χ3n) is 3.25. The average molecular weight is 178 g/mol. The van der Waals surface area contributed by atoms with Crippen LogP contribution in [0.25, 0.3) is 0 Å². The van der Waals surface area contributed by atoms with Crippen LogP contribution in [0, 0.1) is 5.82 Å². The molecule has 2 nitrogen and oxygen atoms in total. The summed E-state index contributed by atoms with van der Waals surface area (Å²) in [6, 6.07) is 5.18. The van der Waals surface area contributed by atoms with E-state index in [9.17, 15) is 4.39 Å². The van der Waals surface area contributed by atoms with E-state index in [1.165, 1.54) is 11.6 Å². The van der Waals surface area contributed by atoms with Crippen LogP contribution in [0.15, 0.2) is 18.2 Å². The second-order valence-electron chi connectivity index (χ2n) is 4.01. The van der Waals surface area contributed by atoms with Gasteiger partial charge in [0.25, 0.3) is 0 Å². The maximum Gasteiger partial charge on any atom is 0.125 e. The van der Waals surface area contributed by atoms with Crippen molar-refractivity contribution in [3.8, 4) is 0 Å². The van der Waals surface area contributed by atoms with E-state index < -0.39 is 0 Å². The fraction of sp³-hybridized carbons (Fsp3) is 0.400. The van der Waals surface area contributed by atoms with Crippen molar-refractivity contribution in [3.05, 3.63) is 29.6 Å². The van der Waals surface area contributed by atoms with E-state index in [0.29, 0.717) is 0 Å². The number of nitrogens with two attached hydrogens (primary N) is 1. The van der Waals surface area contributed by atoms with E-state index >= 15 is 0 Å². The van der Waals surface area contributed by atoms with Gasteiger partial charge in [-0.25, -0.2) is 4.39 Å². The molecule has 1 aromatic carbocycles. The number of halogens is 1. The molecule has 1 aromatic rings. The molecule has 0 bridgehead atoms. The molecule has 0 aromatic heterocycles. The number of benzene rings is 1. The number of anilines is 1. The van der Waals surface area contributed by atoms with Crippen molar-refractivity contribution in [2.45, 2.75) is 17.9 Å². The molecule has 2 atom stereocenters. The lowest BCUT2D eigenvalue weighted by Crippen LogP contribution is -2.20. The van der Waals surface area contributed by atoms with Crippen LogP contribution in [0.2, 0.25) is 0 Å². The molecule has 2 aliphatic rings. The van der Waals surface area contributed by atoms with Crippen molar-refractivity contribution >= 4 is 5.69 Å². The predicted octanol–water partition coefficient (Wildman–Crippen LogP) is 1.22. The molecule has 0 amide bonds. The highest BCUT2D eigenvalue weighted by Crippen LogP contribution is 2.53. The Labute approximate surface area is 75.9 Å². The molecule has 1 aliphatic carbocycles. The number of hydrogen-bond acceptors (Lipinski definition) is 2. The van der Waals surface area contributed by atoms with E-state index in [1.807, 2.05) is 6.07 Å². The van der Waals surface area contributed by atoms with Crippen LogP contribution in [0.1, 0.15) is 12.0 Å². The van der Waals surface area contributed by atoms with Crippen LogP contribution in [-0.4, -0.2) is 12.6 Å². The zero-order valence-corrected chi connectivity index (χ0v) is 7.18. The molecule has 3 rings (SSSR count). The molecule has 1 saturated carbocycles. The summed E-state index contributed by atoms with van der Waals surface area (Å²) in [5.41, 5.74) is 8.13. The summed E-state index contributed by atoms with van der Waals surface area (Å²) < 4.78 is 12.9. The Morgan fingerprint density at radius 2 is 2.31 bits per heavy atom. The third kappa shape index (κ3) is 0.800. The van der Waals surface area contributed by atoms with Crippen LogP contribution in [-0.2, 0) is 5.41 Å². The third-order valence-corrected chi connectivity index (χ3v) is 3.25. The Morgan fingerprint density at radius 3 is 3.00 bits per heavy atom. The molecule has 1 spiro atoms. The first-order valence-corrected chi connectivity index (χ1v) is 4.52. The molecule has 0 saturated heterocycles. The van der Waals surface area contributed by atoms with E-state index in [4.69, 9.17) is 5.73 Å². The van der Waals surface area contributed by atoms with Crippen LogP contribution < -0.4 is 11.1 Å². The molecule has 1 fully saturated rings. The molecule has 1 heterocycles. The van der Waals surface area contributed by atoms with Crippen molar-refractivity contribution in [1.82, 2.24) is 0 Å². The van der Waals surface area contributed by atoms with E-state index in [2.05, 4.69) is 5.32 Å². The standard InChI is InChI=1S/C10H11FN2/c11-6-1-2-7-8(3-6)13-5-10(7)4-9(10)12/h1-3,9,13H,4-5,12H2. The van der Waals surface area contributed by atoms with Gasteiger partial charge in [0.2, 0.25) is 0 Å². The molecule has 2 unspecified atom stereocenters. The van der Waals surface area contributed by atoms with Gasteiger partial charge in [-0.2, -0.15) is 0 Å². The fourth-order valence-electron chi connectivity index (χ4n) is 2.29. The summed E-state index contributed by atoms with van der Waals surface area (Å²) in [6.07, 6.45) is 1.03. The maximum absolute atomic E-state index is 12.9. The SMILES string of the molecule is NC1CC12CNc1cc(F)ccc12. The summed E-state index contributed by atoms with van der Waals surface area (Å²) in [6.45, 7) is 0.868. The van der Waals surface area contributed by atoms with Gasteiger partial charge >= 0.3 is 0 Å². The minimum absolute atomic E-state index is 0.128. The minimum Gasteiger partial charge on any atom is -0.384 e. The second kappa shape index (κ2) is 2.04. The van der Waals surface area contributed by atoms with Crippen molar-refractivity contribution in [3.63, 3.8) is 0 Å². The topological polar surface area (TPSA) is 38.0 Å². The smallest absolute Gasteiger partial charge is 0.125 e. The molecule has 3 N–H and O–H groups in total. The highest BCUT2D eigenvalue weighted by atomic mass is 19.1. The van der Waals surface area contributed by atoms with Crippen LogP contribution in [0.4, 0.5) is 10.1 Å². The molecule has 68 valence electrons. The Balaban J connectivity index is 2.13. The predicted molar refractivity (Wildman–Crippen MR) is 49.2 cm³/mol. The van der Waals surface area contributed by atoms with Gasteiger partial charge in [0.05, 0.1) is 0 Å². The summed E-state index contributed by atoms with van der Waals surface area (Å²) in [7, 11) is 0. The number of hydrogen-bond donors (Lipinski definition) is 2. The fourth-order valence-corrected chi connectivity index (χ4v) is 2.29. The first kappa shape index (κ1) is 7.33. The van der Waals surface area contributed by atoms with Crippen LogP contribution in [0.3, 0.4) is 0 Å². The lowest BCUT2D eigenvalue weighted by molar-refractivity contribution is 0.627. The average Bonchev–Trinajstić information content (AvgIpc) is 2.59. The van der Waals surface area contributed by atoms with Crippen molar-refractivity contribution < 1.29 is 4.39 Å². The Bertz CT molecular complexity index is 377. The first-order chi connectivity index (χ1) is 6.22. The highest BCUT2D eigenvalue weighted by molar-refractivity contribution is 5.64. The summed E-state index contributed by atoms with van der Waals surface area (Å²) in [5.74, 6) is -0.183. The zero-order valence-electron chi connectivity index (χ0n) is 7.18. The molecule has 3 heteroatoms. The first-order valence-electron chi connectivity index (χ1n) is 4.52. The monoisotopic (exact) mass is 178 g/mol. The minimum atomic E-state index is -0.183. The summed E-state index contributed by atoms with van der Waals surface area (Å²) in [5, 5.41) is 3.20. The lowest BCUT2D eigenvalue weighted by atomic mass is 9.98. The Hall–Kier alpha value is -1.09. The zero-order chi connectivity index (χ0) is 9.05. The molecule has 0 radical (unpaired) electrons. The van der Waals surface area contributed by atoms with Crippen molar-refractivity contribution in [1.29, 1.82) is 0 Å². The molecular formula is C10H11FN2. The van der Waals surface area contributed by atoms with Crippen molar-refractivity contribution in [2.24, 2.45) is 5.73 Å². The van der Waals surface area contributed by atoms with E-state index in [0.717, 1.165) is 18.7 Å². The number of rotatable bonds is 0. The van der Waals surface area contributed by atoms with Gasteiger partial charge in [-0.1, -0.05) is 6.07 Å². The van der Waals surface area contributed by atoms with Gasteiger partial charge in [0, 0.05) is 23.7 Å².